The molecule has 1 unspecified atom stereocenters. The summed E-state index contributed by atoms with van der Waals surface area (Å²) in [6.45, 7) is 2.98. The summed E-state index contributed by atoms with van der Waals surface area (Å²) in [5.74, 6) is -3.49. The molecule has 0 aromatic heterocycles. The van der Waals surface area contributed by atoms with Gasteiger partial charge in [0, 0.05) is 32.5 Å². The number of carboxylic acid groups (broad SMARTS) is 1. The van der Waals surface area contributed by atoms with Gasteiger partial charge in [0.05, 0.1) is 43.2 Å². The third kappa shape index (κ3) is 10.00. The summed E-state index contributed by atoms with van der Waals surface area (Å²) in [6, 6.07) is 3.52. The molecule has 0 saturated carbocycles. The van der Waals surface area contributed by atoms with Crippen molar-refractivity contribution in [3.8, 4) is 0 Å². The Labute approximate surface area is 244 Å². The van der Waals surface area contributed by atoms with Crippen LogP contribution in [0.2, 0.25) is 0 Å². The summed E-state index contributed by atoms with van der Waals surface area (Å²) in [4.78, 5) is 73.6. The lowest BCUT2D eigenvalue weighted by Gasteiger charge is -2.27. The Morgan fingerprint density at radius 1 is 0.833 bits per heavy atom. The summed E-state index contributed by atoms with van der Waals surface area (Å²) >= 11 is 0. The van der Waals surface area contributed by atoms with Crippen LogP contribution in [-0.4, -0.2) is 91.2 Å². The third-order valence-corrected chi connectivity index (χ3v) is 6.86. The number of benzene rings is 1. The minimum absolute atomic E-state index is 0.0303. The van der Waals surface area contributed by atoms with E-state index in [1.165, 1.54) is 6.07 Å². The fourth-order valence-corrected chi connectivity index (χ4v) is 4.70. The van der Waals surface area contributed by atoms with Crippen molar-refractivity contribution in [1.29, 1.82) is 0 Å². The number of carbonyl (C=O) groups excluding carboxylic acids is 5. The third-order valence-electron chi connectivity index (χ3n) is 6.86. The number of nitrogens with one attached hydrogen (secondary N) is 2. The molecule has 0 bridgehead atoms. The van der Waals surface area contributed by atoms with Crippen LogP contribution >= 0.6 is 0 Å². The number of fused-ring (bicyclic) bond motifs is 1. The Bertz CT molecular complexity index is 1140. The topological polar surface area (TPSA) is 178 Å². The highest BCUT2D eigenvalue weighted by Gasteiger charge is 2.45. The number of carbonyl (C=O) groups is 6. The second kappa shape index (κ2) is 17.3. The predicted octanol–water partition coefficient (Wildman–Crippen LogP) is 2.28. The fourth-order valence-electron chi connectivity index (χ4n) is 4.70. The van der Waals surface area contributed by atoms with E-state index in [0.717, 1.165) is 30.6 Å². The Morgan fingerprint density at radius 2 is 1.45 bits per heavy atom. The van der Waals surface area contributed by atoms with Crippen LogP contribution in [0.4, 0.5) is 5.69 Å². The van der Waals surface area contributed by atoms with E-state index >= 15 is 0 Å². The van der Waals surface area contributed by atoms with Crippen molar-refractivity contribution in [3.05, 3.63) is 29.3 Å². The molecule has 1 fully saturated rings. The molecule has 2 heterocycles. The molecule has 0 aliphatic carbocycles. The number of anilines is 1. The lowest BCUT2D eigenvalue weighted by Crippen LogP contribution is -2.54. The lowest BCUT2D eigenvalue weighted by molar-refractivity contribution is -0.138. The SMILES string of the molecule is O=C(O)CCCCCOCCOCCOCCCCCC(=O)Nc1cccc2c1C(=O)N(C1CCC(=O)NC1=O)C2=O. The number of imide groups is 2. The maximum atomic E-state index is 13.1. The first-order valence-corrected chi connectivity index (χ1v) is 14.4. The van der Waals surface area contributed by atoms with E-state index in [4.69, 9.17) is 19.3 Å². The van der Waals surface area contributed by atoms with Crippen LogP contribution in [0, 0.1) is 0 Å². The Hall–Kier alpha value is -3.68. The van der Waals surface area contributed by atoms with Crippen molar-refractivity contribution < 1.29 is 48.1 Å². The molecule has 42 heavy (non-hydrogen) atoms. The number of ether oxygens (including phenoxy) is 3. The second-order valence-electron chi connectivity index (χ2n) is 10.1. The van der Waals surface area contributed by atoms with Crippen LogP contribution < -0.4 is 10.6 Å². The molecule has 13 heteroatoms. The van der Waals surface area contributed by atoms with Crippen molar-refractivity contribution in [2.45, 2.75) is 70.3 Å². The second-order valence-corrected chi connectivity index (χ2v) is 10.1. The molecule has 1 saturated heterocycles. The number of rotatable bonds is 20. The summed E-state index contributed by atoms with van der Waals surface area (Å²) in [7, 11) is 0. The van der Waals surface area contributed by atoms with Gasteiger partial charge in [0.1, 0.15) is 6.04 Å². The zero-order valence-electron chi connectivity index (χ0n) is 23.7. The van der Waals surface area contributed by atoms with Gasteiger partial charge in [-0.3, -0.25) is 39.0 Å². The number of carboxylic acids is 1. The van der Waals surface area contributed by atoms with Crippen molar-refractivity contribution in [2.75, 3.05) is 45.0 Å². The van der Waals surface area contributed by atoms with E-state index < -0.39 is 35.6 Å². The number of unbranched alkanes of at least 4 members (excludes halogenated alkanes) is 4. The van der Waals surface area contributed by atoms with Gasteiger partial charge in [0.2, 0.25) is 17.7 Å². The molecular formula is C29H39N3O10. The van der Waals surface area contributed by atoms with Gasteiger partial charge in [-0.2, -0.15) is 0 Å². The molecule has 1 atom stereocenters. The quantitative estimate of drug-likeness (QED) is 0.151. The molecule has 0 radical (unpaired) electrons. The number of piperidine rings is 1. The Balaban J connectivity index is 1.24. The van der Waals surface area contributed by atoms with Crippen molar-refractivity contribution >= 4 is 41.2 Å². The van der Waals surface area contributed by atoms with E-state index in [9.17, 15) is 28.8 Å². The summed E-state index contributed by atoms with van der Waals surface area (Å²) in [5, 5.41) is 13.5. The van der Waals surface area contributed by atoms with Crippen LogP contribution in [0.25, 0.3) is 0 Å². The fraction of sp³-hybridized carbons (Fsp3) is 0.586. The maximum Gasteiger partial charge on any atom is 0.303 e. The van der Waals surface area contributed by atoms with Crippen LogP contribution in [0.3, 0.4) is 0 Å². The van der Waals surface area contributed by atoms with E-state index in [1.54, 1.807) is 12.1 Å². The molecule has 1 aromatic carbocycles. The van der Waals surface area contributed by atoms with Gasteiger partial charge in [0.15, 0.2) is 0 Å². The number of aliphatic carboxylic acids is 1. The van der Waals surface area contributed by atoms with Crippen LogP contribution in [0.1, 0.15) is 84.9 Å². The molecule has 5 amide bonds. The van der Waals surface area contributed by atoms with Crippen molar-refractivity contribution in [2.24, 2.45) is 0 Å². The van der Waals surface area contributed by atoms with Gasteiger partial charge in [-0.15, -0.1) is 0 Å². The van der Waals surface area contributed by atoms with Crippen LogP contribution in [-0.2, 0) is 33.4 Å². The molecule has 3 N–H and O–H groups in total. The first kappa shape index (κ1) is 32.8. The predicted molar refractivity (Wildman–Crippen MR) is 149 cm³/mol. The summed E-state index contributed by atoms with van der Waals surface area (Å²) < 4.78 is 16.4. The average Bonchev–Trinajstić information content (AvgIpc) is 3.20. The molecule has 3 rings (SSSR count). The molecule has 13 nitrogen and oxygen atoms in total. The minimum Gasteiger partial charge on any atom is -0.481 e. The zero-order chi connectivity index (χ0) is 30.3. The van der Waals surface area contributed by atoms with Gasteiger partial charge in [-0.05, 0) is 44.2 Å². The molecule has 230 valence electrons. The van der Waals surface area contributed by atoms with Gasteiger partial charge in [0.25, 0.3) is 11.8 Å². The molecular weight excluding hydrogens is 550 g/mol. The van der Waals surface area contributed by atoms with E-state index in [0.29, 0.717) is 52.5 Å². The van der Waals surface area contributed by atoms with Crippen LogP contribution in [0.5, 0.6) is 0 Å². The number of amides is 5. The number of hydrogen-bond donors (Lipinski definition) is 3. The van der Waals surface area contributed by atoms with Crippen LogP contribution in [0.15, 0.2) is 18.2 Å². The highest BCUT2D eigenvalue weighted by molar-refractivity contribution is 6.26. The number of nitrogens with zero attached hydrogens (tertiary/aromatic N) is 1. The summed E-state index contributed by atoms with van der Waals surface area (Å²) in [5.41, 5.74) is 0.381. The van der Waals surface area contributed by atoms with E-state index in [2.05, 4.69) is 10.6 Å². The highest BCUT2D eigenvalue weighted by atomic mass is 16.5. The first-order valence-electron chi connectivity index (χ1n) is 14.4. The van der Waals surface area contributed by atoms with E-state index in [-0.39, 0.29) is 48.4 Å². The van der Waals surface area contributed by atoms with E-state index in [1.807, 2.05) is 0 Å². The normalized spacial score (nSPS) is 16.5. The van der Waals surface area contributed by atoms with Crippen molar-refractivity contribution in [1.82, 2.24) is 10.2 Å². The largest absolute Gasteiger partial charge is 0.481 e. The highest BCUT2D eigenvalue weighted by Crippen LogP contribution is 2.32. The van der Waals surface area contributed by atoms with Gasteiger partial charge in [-0.25, -0.2) is 0 Å². The number of hydrogen-bond acceptors (Lipinski definition) is 9. The standard InChI is InChI=1S/C29H39N3O10/c33-23(10-3-1-5-14-40-16-18-42-19-17-41-15-6-2-4-11-25(35)36)30-21-9-7-8-20-26(21)29(39)32(28(20)38)22-12-13-24(34)31-27(22)37/h7-9,22H,1-6,10-19H2,(H,30,33)(H,35,36)(H,31,34,37). The Kier molecular flexibility index (Phi) is 13.5. The first-order chi connectivity index (χ1) is 20.3. The minimum atomic E-state index is -1.07. The smallest absolute Gasteiger partial charge is 0.303 e. The van der Waals surface area contributed by atoms with Crippen molar-refractivity contribution in [3.63, 3.8) is 0 Å². The van der Waals surface area contributed by atoms with Gasteiger partial charge in [-0.1, -0.05) is 18.9 Å². The molecule has 0 spiro atoms. The monoisotopic (exact) mass is 589 g/mol. The average molecular weight is 590 g/mol. The lowest BCUT2D eigenvalue weighted by atomic mass is 10.0. The Morgan fingerprint density at radius 3 is 2.07 bits per heavy atom. The van der Waals surface area contributed by atoms with Gasteiger partial charge >= 0.3 is 5.97 Å². The zero-order valence-corrected chi connectivity index (χ0v) is 23.7. The molecule has 2 aliphatic rings. The molecule has 2 aliphatic heterocycles. The summed E-state index contributed by atoms with van der Waals surface area (Å²) in [6.07, 6.45) is 4.98. The maximum absolute atomic E-state index is 13.1. The van der Waals surface area contributed by atoms with Gasteiger partial charge < -0.3 is 24.6 Å². The molecule has 1 aromatic rings.